The Labute approximate surface area is 250 Å². The number of allylic oxidation sites excluding steroid dienone is 1. The van der Waals surface area contributed by atoms with Crippen molar-refractivity contribution in [1.29, 1.82) is 0 Å². The molecule has 0 saturated heterocycles. The maximum absolute atomic E-state index is 13.7. The van der Waals surface area contributed by atoms with E-state index >= 15 is 0 Å². The van der Waals surface area contributed by atoms with E-state index in [1.54, 1.807) is 24.3 Å². The molecule has 0 aliphatic rings. The van der Waals surface area contributed by atoms with E-state index in [1.807, 2.05) is 48.5 Å². The number of amides is 2. The Morgan fingerprint density at radius 1 is 0.857 bits per heavy atom. The van der Waals surface area contributed by atoms with Gasteiger partial charge in [0.2, 0.25) is 5.91 Å². The molecule has 8 heteroatoms. The van der Waals surface area contributed by atoms with Crippen LogP contribution in [0.25, 0.3) is 6.08 Å². The van der Waals surface area contributed by atoms with Crippen LogP contribution in [-0.4, -0.2) is 37.1 Å². The predicted molar refractivity (Wildman–Crippen MR) is 170 cm³/mol. The zero-order valence-electron chi connectivity index (χ0n) is 25.3. The van der Waals surface area contributed by atoms with Crippen molar-refractivity contribution in [3.05, 3.63) is 107 Å². The Kier molecular flexibility index (Phi) is 10.5. The van der Waals surface area contributed by atoms with Crippen molar-refractivity contribution in [1.82, 2.24) is 5.32 Å². The summed E-state index contributed by atoms with van der Waals surface area (Å²) in [6, 6.07) is 22.7. The molecule has 0 aromatic heterocycles. The normalized spacial score (nSPS) is 13.1. The second-order valence-corrected chi connectivity index (χ2v) is 14.3. The highest BCUT2D eigenvalue weighted by molar-refractivity contribution is 7.85. The smallest absolute Gasteiger partial charge is 0.266 e. The van der Waals surface area contributed by atoms with Crippen LogP contribution in [0.3, 0.4) is 0 Å². The molecule has 0 spiro atoms. The third-order valence-electron chi connectivity index (χ3n) is 6.75. The van der Waals surface area contributed by atoms with Gasteiger partial charge >= 0.3 is 0 Å². The van der Waals surface area contributed by atoms with E-state index < -0.39 is 27.7 Å². The van der Waals surface area contributed by atoms with E-state index in [9.17, 15) is 18.0 Å². The summed E-state index contributed by atoms with van der Waals surface area (Å²) in [7, 11) is -4.16. The molecule has 1 atom stereocenters. The molecule has 0 aliphatic heterocycles. The Hall–Kier alpha value is -3.75. The van der Waals surface area contributed by atoms with E-state index in [2.05, 4.69) is 64.3 Å². The van der Waals surface area contributed by atoms with Crippen molar-refractivity contribution in [2.24, 2.45) is 5.41 Å². The minimum atomic E-state index is -4.16. The van der Waals surface area contributed by atoms with E-state index in [1.165, 1.54) is 5.56 Å². The summed E-state index contributed by atoms with van der Waals surface area (Å²) in [5.41, 5.74) is 5.11. The summed E-state index contributed by atoms with van der Waals surface area (Å²) >= 11 is 0. The number of hydrogen-bond acceptors (Lipinski definition) is 4. The van der Waals surface area contributed by atoms with Crippen LogP contribution in [-0.2, 0) is 26.7 Å². The average molecular weight is 591 g/mol. The fourth-order valence-electron chi connectivity index (χ4n) is 4.25. The van der Waals surface area contributed by atoms with Crippen molar-refractivity contribution in [3.63, 3.8) is 0 Å². The third kappa shape index (κ3) is 10.6. The fraction of sp³-hybridized carbons (Fsp3) is 0.353. The molecule has 42 heavy (non-hydrogen) atoms. The standard InChI is InChI=1S/C34H42N2O5S/c1-33(2,3)20-19-24-7-11-26(12-8-24)30(32(38)36-29-17-15-28(16-18-29)34(4,5)6)23-25-9-13-27(14-10-25)31(37)35-21-22-42(39,40)41/h7-20,30H,21-23H2,1-6H3,(H,35,37)(H,36,38)(H,39,40,41)/b20-19+. The number of nitrogens with one attached hydrogen (secondary N) is 2. The molecule has 0 bridgehead atoms. The number of benzene rings is 3. The molecule has 1 unspecified atom stereocenters. The number of carbonyl (C=O) groups excluding carboxylic acids is 2. The lowest BCUT2D eigenvalue weighted by Crippen LogP contribution is -2.28. The summed E-state index contributed by atoms with van der Waals surface area (Å²) < 4.78 is 30.7. The van der Waals surface area contributed by atoms with E-state index in [0.717, 1.165) is 22.4 Å². The Balaban J connectivity index is 1.81. The van der Waals surface area contributed by atoms with Crippen molar-refractivity contribution in [2.45, 2.75) is 59.3 Å². The Morgan fingerprint density at radius 2 is 1.45 bits per heavy atom. The molecule has 3 aromatic rings. The predicted octanol–water partition coefficient (Wildman–Crippen LogP) is 6.63. The molecule has 224 valence electrons. The first-order valence-electron chi connectivity index (χ1n) is 14.0. The molecule has 0 heterocycles. The van der Waals surface area contributed by atoms with Crippen molar-refractivity contribution >= 4 is 33.7 Å². The number of carbonyl (C=O) groups is 2. The molecule has 3 aromatic carbocycles. The summed E-state index contributed by atoms with van der Waals surface area (Å²) in [6.07, 6.45) is 4.64. The van der Waals surface area contributed by atoms with Gasteiger partial charge < -0.3 is 10.6 Å². The zero-order valence-corrected chi connectivity index (χ0v) is 26.1. The Morgan fingerprint density at radius 3 is 1.98 bits per heavy atom. The molecule has 2 amide bonds. The van der Waals surface area contributed by atoms with Crippen LogP contribution >= 0.6 is 0 Å². The first kappa shape index (κ1) is 32.8. The molecule has 3 rings (SSSR count). The lowest BCUT2D eigenvalue weighted by molar-refractivity contribution is -0.117. The summed E-state index contributed by atoms with van der Waals surface area (Å²) in [5, 5.41) is 5.55. The van der Waals surface area contributed by atoms with Crippen LogP contribution in [0.2, 0.25) is 0 Å². The highest BCUT2D eigenvalue weighted by atomic mass is 32.2. The van der Waals surface area contributed by atoms with Gasteiger partial charge in [0.1, 0.15) is 0 Å². The minimum absolute atomic E-state index is 0.00780. The second kappa shape index (κ2) is 13.5. The monoisotopic (exact) mass is 590 g/mol. The summed E-state index contributed by atoms with van der Waals surface area (Å²) in [6.45, 7) is 12.7. The van der Waals surface area contributed by atoms with Crippen LogP contribution in [0.1, 0.15) is 80.1 Å². The van der Waals surface area contributed by atoms with E-state index in [4.69, 9.17) is 4.55 Å². The van der Waals surface area contributed by atoms with Gasteiger partial charge in [-0.05, 0) is 63.8 Å². The van der Waals surface area contributed by atoms with Gasteiger partial charge in [-0.15, -0.1) is 0 Å². The first-order valence-corrected chi connectivity index (χ1v) is 15.6. The van der Waals surface area contributed by atoms with Gasteiger partial charge in [0.15, 0.2) is 0 Å². The summed E-state index contributed by atoms with van der Waals surface area (Å²) in [4.78, 5) is 26.0. The number of rotatable bonds is 10. The molecule has 3 N–H and O–H groups in total. The first-order chi connectivity index (χ1) is 19.5. The van der Waals surface area contributed by atoms with Gasteiger partial charge in [0.25, 0.3) is 16.0 Å². The topological polar surface area (TPSA) is 113 Å². The molecule has 0 aliphatic carbocycles. The van der Waals surface area contributed by atoms with Crippen LogP contribution in [0.15, 0.2) is 78.9 Å². The number of hydrogen-bond donors (Lipinski definition) is 3. The fourth-order valence-corrected chi connectivity index (χ4v) is 4.61. The lowest BCUT2D eigenvalue weighted by atomic mass is 9.87. The van der Waals surface area contributed by atoms with E-state index in [0.29, 0.717) is 12.0 Å². The van der Waals surface area contributed by atoms with Crippen LogP contribution < -0.4 is 10.6 Å². The maximum atomic E-state index is 13.7. The highest BCUT2D eigenvalue weighted by Gasteiger charge is 2.22. The van der Waals surface area contributed by atoms with Gasteiger partial charge in [0.05, 0.1) is 11.7 Å². The quantitative estimate of drug-likeness (QED) is 0.230. The SMILES string of the molecule is CC(C)(C)/C=C/c1ccc(C(Cc2ccc(C(=O)NCCS(=O)(=O)O)cc2)C(=O)Nc2ccc(C(C)(C)C)cc2)cc1. The lowest BCUT2D eigenvalue weighted by Gasteiger charge is -2.21. The molecule has 7 nitrogen and oxygen atoms in total. The second-order valence-electron chi connectivity index (χ2n) is 12.7. The average Bonchev–Trinajstić information content (AvgIpc) is 2.90. The van der Waals surface area contributed by atoms with Crippen LogP contribution in [0.4, 0.5) is 5.69 Å². The van der Waals surface area contributed by atoms with Gasteiger partial charge in [0, 0.05) is 17.8 Å². The highest BCUT2D eigenvalue weighted by Crippen LogP contribution is 2.27. The maximum Gasteiger partial charge on any atom is 0.266 e. The van der Waals surface area contributed by atoms with Crippen molar-refractivity contribution < 1.29 is 22.6 Å². The van der Waals surface area contributed by atoms with Gasteiger partial charge in [-0.2, -0.15) is 8.42 Å². The summed E-state index contributed by atoms with van der Waals surface area (Å²) in [5.74, 6) is -1.62. The molecular weight excluding hydrogens is 548 g/mol. The van der Waals surface area contributed by atoms with Gasteiger partial charge in [-0.1, -0.05) is 102 Å². The molecule has 0 radical (unpaired) electrons. The van der Waals surface area contributed by atoms with Crippen molar-refractivity contribution in [3.8, 4) is 0 Å². The van der Waals surface area contributed by atoms with Gasteiger partial charge in [-0.3, -0.25) is 14.1 Å². The minimum Gasteiger partial charge on any atom is -0.351 e. The van der Waals surface area contributed by atoms with E-state index in [-0.39, 0.29) is 23.3 Å². The molecule has 0 fully saturated rings. The number of anilines is 1. The molecular formula is C34H42N2O5S. The van der Waals surface area contributed by atoms with Gasteiger partial charge in [-0.25, -0.2) is 0 Å². The molecule has 0 saturated carbocycles. The Bertz CT molecular complexity index is 1490. The van der Waals surface area contributed by atoms with Crippen molar-refractivity contribution in [2.75, 3.05) is 17.6 Å². The van der Waals surface area contributed by atoms with Crippen LogP contribution in [0, 0.1) is 5.41 Å². The van der Waals surface area contributed by atoms with Crippen LogP contribution in [0.5, 0.6) is 0 Å². The third-order valence-corrected chi connectivity index (χ3v) is 7.47. The zero-order chi connectivity index (χ0) is 31.1. The largest absolute Gasteiger partial charge is 0.351 e.